The largest absolute Gasteiger partial charge is 0.454 e. The highest BCUT2D eigenvalue weighted by Crippen LogP contribution is 2.25. The number of rotatable bonds is 3. The van der Waals surface area contributed by atoms with Crippen LogP contribution in [0.15, 0.2) is 48.5 Å². The van der Waals surface area contributed by atoms with Gasteiger partial charge in [-0.1, -0.05) is 24.3 Å². The van der Waals surface area contributed by atoms with E-state index in [4.69, 9.17) is 10.5 Å². The van der Waals surface area contributed by atoms with E-state index in [1.165, 1.54) is 6.07 Å². The Kier molecular flexibility index (Phi) is 3.40. The standard InChI is InChI=1S/C14H14FNO/c1-10(16)11-5-4-6-12(9-11)17-14-8-3-2-7-13(14)15/h2-10H,16H2,1H3. The molecule has 1 atom stereocenters. The third-order valence-corrected chi connectivity index (χ3v) is 2.45. The molecular weight excluding hydrogens is 217 g/mol. The first-order chi connectivity index (χ1) is 8.16. The van der Waals surface area contributed by atoms with Crippen LogP contribution in [0.1, 0.15) is 18.5 Å². The fraction of sp³-hybridized carbons (Fsp3) is 0.143. The first kappa shape index (κ1) is 11.6. The average Bonchev–Trinajstić information content (AvgIpc) is 2.32. The normalized spacial score (nSPS) is 12.2. The summed E-state index contributed by atoms with van der Waals surface area (Å²) in [7, 11) is 0. The van der Waals surface area contributed by atoms with Gasteiger partial charge < -0.3 is 10.5 Å². The Morgan fingerprint density at radius 1 is 1.12 bits per heavy atom. The van der Waals surface area contributed by atoms with Crippen LogP contribution in [0.25, 0.3) is 0 Å². The Morgan fingerprint density at radius 3 is 2.59 bits per heavy atom. The zero-order chi connectivity index (χ0) is 12.3. The first-order valence-corrected chi connectivity index (χ1v) is 5.45. The highest BCUT2D eigenvalue weighted by molar-refractivity contribution is 5.35. The quantitative estimate of drug-likeness (QED) is 0.875. The van der Waals surface area contributed by atoms with Gasteiger partial charge in [0.2, 0.25) is 0 Å². The van der Waals surface area contributed by atoms with Crippen LogP contribution in [0.4, 0.5) is 4.39 Å². The molecule has 0 bridgehead atoms. The van der Waals surface area contributed by atoms with E-state index in [1.54, 1.807) is 24.3 Å². The summed E-state index contributed by atoms with van der Waals surface area (Å²) in [5, 5.41) is 0. The Labute approximate surface area is 99.8 Å². The van der Waals surface area contributed by atoms with Gasteiger partial charge in [-0.15, -0.1) is 0 Å². The maximum atomic E-state index is 13.4. The second-order valence-electron chi connectivity index (χ2n) is 3.89. The van der Waals surface area contributed by atoms with Crippen LogP contribution in [0, 0.1) is 5.82 Å². The van der Waals surface area contributed by atoms with Crippen molar-refractivity contribution in [2.24, 2.45) is 5.73 Å². The Bertz CT molecular complexity index is 511. The number of para-hydroxylation sites is 1. The number of ether oxygens (including phenoxy) is 1. The van der Waals surface area contributed by atoms with Crippen molar-refractivity contribution in [3.63, 3.8) is 0 Å². The minimum absolute atomic E-state index is 0.0702. The zero-order valence-corrected chi connectivity index (χ0v) is 9.56. The monoisotopic (exact) mass is 231 g/mol. The smallest absolute Gasteiger partial charge is 0.165 e. The van der Waals surface area contributed by atoms with E-state index >= 15 is 0 Å². The molecule has 0 aliphatic rings. The molecule has 2 nitrogen and oxygen atoms in total. The van der Waals surface area contributed by atoms with E-state index in [2.05, 4.69) is 0 Å². The van der Waals surface area contributed by atoms with Crippen molar-refractivity contribution in [3.05, 3.63) is 59.9 Å². The minimum atomic E-state index is -0.376. The summed E-state index contributed by atoms with van der Waals surface area (Å²) >= 11 is 0. The third-order valence-electron chi connectivity index (χ3n) is 2.45. The van der Waals surface area contributed by atoms with Crippen LogP contribution in [-0.4, -0.2) is 0 Å². The Morgan fingerprint density at radius 2 is 1.88 bits per heavy atom. The SMILES string of the molecule is CC(N)c1cccc(Oc2ccccc2F)c1. The molecule has 0 aliphatic carbocycles. The molecule has 3 heteroatoms. The van der Waals surface area contributed by atoms with Gasteiger partial charge >= 0.3 is 0 Å². The number of benzene rings is 2. The molecule has 0 saturated heterocycles. The lowest BCUT2D eigenvalue weighted by atomic mass is 10.1. The molecule has 0 saturated carbocycles. The topological polar surface area (TPSA) is 35.2 Å². The van der Waals surface area contributed by atoms with Crippen molar-refractivity contribution in [1.29, 1.82) is 0 Å². The van der Waals surface area contributed by atoms with Crippen molar-refractivity contribution >= 4 is 0 Å². The molecule has 0 spiro atoms. The molecule has 2 rings (SSSR count). The Balaban J connectivity index is 2.25. The van der Waals surface area contributed by atoms with E-state index in [0.29, 0.717) is 5.75 Å². The van der Waals surface area contributed by atoms with Gasteiger partial charge in [0.15, 0.2) is 11.6 Å². The molecule has 0 amide bonds. The van der Waals surface area contributed by atoms with Gasteiger partial charge in [-0.2, -0.15) is 0 Å². The van der Waals surface area contributed by atoms with Crippen molar-refractivity contribution in [3.8, 4) is 11.5 Å². The summed E-state index contributed by atoms with van der Waals surface area (Å²) in [6, 6.07) is 13.6. The highest BCUT2D eigenvalue weighted by atomic mass is 19.1. The predicted octanol–water partition coefficient (Wildman–Crippen LogP) is 3.64. The van der Waals surface area contributed by atoms with Gasteiger partial charge in [0.25, 0.3) is 0 Å². The lowest BCUT2D eigenvalue weighted by Gasteiger charge is -2.10. The minimum Gasteiger partial charge on any atom is -0.454 e. The molecule has 2 N–H and O–H groups in total. The van der Waals surface area contributed by atoms with E-state index in [1.807, 2.05) is 25.1 Å². The second kappa shape index (κ2) is 4.97. The lowest BCUT2D eigenvalue weighted by molar-refractivity contribution is 0.441. The number of halogens is 1. The van der Waals surface area contributed by atoms with Gasteiger partial charge in [-0.05, 0) is 36.8 Å². The van der Waals surface area contributed by atoms with E-state index < -0.39 is 0 Å². The molecule has 17 heavy (non-hydrogen) atoms. The molecule has 0 radical (unpaired) electrons. The van der Waals surface area contributed by atoms with Crippen LogP contribution in [0.5, 0.6) is 11.5 Å². The first-order valence-electron chi connectivity index (χ1n) is 5.45. The maximum Gasteiger partial charge on any atom is 0.165 e. The molecule has 0 aliphatic heterocycles. The van der Waals surface area contributed by atoms with Crippen LogP contribution >= 0.6 is 0 Å². The van der Waals surface area contributed by atoms with Crippen molar-refractivity contribution < 1.29 is 9.13 Å². The number of hydrogen-bond acceptors (Lipinski definition) is 2. The molecule has 0 heterocycles. The molecular formula is C14H14FNO. The summed E-state index contributed by atoms with van der Waals surface area (Å²) in [5.41, 5.74) is 6.73. The number of nitrogens with two attached hydrogens (primary N) is 1. The summed E-state index contributed by atoms with van der Waals surface area (Å²) in [6.45, 7) is 1.89. The van der Waals surface area contributed by atoms with Gasteiger partial charge in [0.05, 0.1) is 0 Å². The van der Waals surface area contributed by atoms with Gasteiger partial charge in [-0.3, -0.25) is 0 Å². The van der Waals surface area contributed by atoms with Crippen LogP contribution in [0.3, 0.4) is 0 Å². The van der Waals surface area contributed by atoms with Gasteiger partial charge in [0.1, 0.15) is 5.75 Å². The molecule has 2 aromatic carbocycles. The second-order valence-corrected chi connectivity index (χ2v) is 3.89. The molecule has 2 aromatic rings. The van der Waals surface area contributed by atoms with Crippen molar-refractivity contribution in [2.45, 2.75) is 13.0 Å². The Hall–Kier alpha value is -1.87. The molecule has 1 unspecified atom stereocenters. The zero-order valence-electron chi connectivity index (χ0n) is 9.56. The summed E-state index contributed by atoms with van der Waals surface area (Å²) < 4.78 is 18.9. The number of hydrogen-bond donors (Lipinski definition) is 1. The average molecular weight is 231 g/mol. The maximum absolute atomic E-state index is 13.4. The van der Waals surface area contributed by atoms with E-state index in [9.17, 15) is 4.39 Å². The molecule has 0 fully saturated rings. The van der Waals surface area contributed by atoms with Crippen LogP contribution in [-0.2, 0) is 0 Å². The fourth-order valence-electron chi connectivity index (χ4n) is 1.52. The van der Waals surface area contributed by atoms with E-state index in [0.717, 1.165) is 5.56 Å². The third kappa shape index (κ3) is 2.82. The van der Waals surface area contributed by atoms with Crippen molar-refractivity contribution in [2.75, 3.05) is 0 Å². The lowest BCUT2D eigenvalue weighted by Crippen LogP contribution is -2.04. The summed E-state index contributed by atoms with van der Waals surface area (Å²) in [4.78, 5) is 0. The van der Waals surface area contributed by atoms with Gasteiger partial charge in [0, 0.05) is 6.04 Å². The van der Waals surface area contributed by atoms with Crippen molar-refractivity contribution in [1.82, 2.24) is 0 Å². The highest BCUT2D eigenvalue weighted by Gasteiger charge is 2.05. The molecule has 88 valence electrons. The molecule has 0 aromatic heterocycles. The van der Waals surface area contributed by atoms with Crippen LogP contribution in [0.2, 0.25) is 0 Å². The van der Waals surface area contributed by atoms with Gasteiger partial charge in [-0.25, -0.2) is 4.39 Å². The summed E-state index contributed by atoms with van der Waals surface area (Å²) in [5.74, 6) is 0.429. The van der Waals surface area contributed by atoms with E-state index in [-0.39, 0.29) is 17.6 Å². The fourth-order valence-corrected chi connectivity index (χ4v) is 1.52. The van der Waals surface area contributed by atoms with Crippen LogP contribution < -0.4 is 10.5 Å². The summed E-state index contributed by atoms with van der Waals surface area (Å²) in [6.07, 6.45) is 0. The predicted molar refractivity (Wildman–Crippen MR) is 65.5 cm³/mol.